The third kappa shape index (κ3) is 3.99. The highest BCUT2D eigenvalue weighted by Gasteiger charge is 2.36. The summed E-state index contributed by atoms with van der Waals surface area (Å²) in [4.78, 5) is 12.2. The van der Waals surface area contributed by atoms with Crippen molar-refractivity contribution in [1.29, 1.82) is 0 Å². The van der Waals surface area contributed by atoms with E-state index in [2.05, 4.69) is 24.1 Å². The van der Waals surface area contributed by atoms with Gasteiger partial charge in [0, 0.05) is 18.0 Å². The Morgan fingerprint density at radius 1 is 1.52 bits per heavy atom. The maximum Gasteiger partial charge on any atom is 0.251 e. The first kappa shape index (κ1) is 15.4. The summed E-state index contributed by atoms with van der Waals surface area (Å²) in [5.41, 5.74) is 1.26. The van der Waals surface area contributed by atoms with Crippen molar-refractivity contribution in [1.82, 2.24) is 5.32 Å². The van der Waals surface area contributed by atoms with Crippen LogP contribution in [0.3, 0.4) is 0 Å². The second kappa shape index (κ2) is 7.14. The molecule has 1 aliphatic rings. The fraction of sp³-hybridized carbons (Fsp3) is 0.471. The first-order chi connectivity index (χ1) is 10.2. The molecule has 1 saturated carbocycles. The van der Waals surface area contributed by atoms with E-state index >= 15 is 0 Å². The highest BCUT2D eigenvalue weighted by molar-refractivity contribution is 5.95. The highest BCUT2D eigenvalue weighted by atomic mass is 16.5. The molecule has 0 radical (unpaired) electrons. The van der Waals surface area contributed by atoms with Crippen LogP contribution in [-0.4, -0.2) is 30.8 Å². The highest BCUT2D eigenvalue weighted by Crippen LogP contribution is 2.33. The molecule has 1 aromatic carbocycles. The number of ether oxygens (including phenoxy) is 1. The van der Waals surface area contributed by atoms with E-state index in [1.165, 1.54) is 0 Å². The van der Waals surface area contributed by atoms with E-state index in [9.17, 15) is 4.79 Å². The molecular formula is C17H21NO3. The average Bonchev–Trinajstić information content (AvgIpc) is 3.25. The number of methoxy groups -OCH3 is 1. The SMILES string of the molecule is CCC1CC1NC(=O)c1ccc(OC)c(C#CCCO)c1. The minimum Gasteiger partial charge on any atom is -0.495 e. The van der Waals surface area contributed by atoms with E-state index < -0.39 is 0 Å². The number of hydrogen-bond donors (Lipinski definition) is 2. The molecule has 4 nitrogen and oxygen atoms in total. The molecule has 112 valence electrons. The molecule has 1 fully saturated rings. The molecule has 0 saturated heterocycles. The number of hydrogen-bond acceptors (Lipinski definition) is 3. The topological polar surface area (TPSA) is 58.6 Å². The Balaban J connectivity index is 2.11. The molecule has 2 N–H and O–H groups in total. The molecule has 21 heavy (non-hydrogen) atoms. The molecule has 0 bridgehead atoms. The van der Waals surface area contributed by atoms with Gasteiger partial charge < -0.3 is 15.2 Å². The number of carbonyl (C=O) groups excluding carboxylic acids is 1. The van der Waals surface area contributed by atoms with Gasteiger partial charge in [-0.2, -0.15) is 0 Å². The fourth-order valence-electron chi connectivity index (χ4n) is 2.29. The predicted octanol–water partition coefficient (Wildman–Crippen LogP) is 1.96. The number of benzene rings is 1. The van der Waals surface area contributed by atoms with Crippen LogP contribution in [0.5, 0.6) is 5.75 Å². The van der Waals surface area contributed by atoms with Crippen LogP contribution in [0.25, 0.3) is 0 Å². The summed E-state index contributed by atoms with van der Waals surface area (Å²) in [6.07, 6.45) is 2.58. The largest absolute Gasteiger partial charge is 0.495 e. The monoisotopic (exact) mass is 287 g/mol. The Morgan fingerprint density at radius 3 is 2.95 bits per heavy atom. The van der Waals surface area contributed by atoms with Gasteiger partial charge in [-0.15, -0.1) is 0 Å². The summed E-state index contributed by atoms with van der Waals surface area (Å²) >= 11 is 0. The van der Waals surface area contributed by atoms with Gasteiger partial charge in [0.15, 0.2) is 0 Å². The molecule has 2 atom stereocenters. The zero-order chi connectivity index (χ0) is 15.2. The quantitative estimate of drug-likeness (QED) is 0.814. The van der Waals surface area contributed by atoms with Crippen LogP contribution in [0, 0.1) is 17.8 Å². The van der Waals surface area contributed by atoms with Gasteiger partial charge in [0.2, 0.25) is 0 Å². The van der Waals surface area contributed by atoms with Crippen molar-refractivity contribution >= 4 is 5.91 Å². The number of nitrogens with one attached hydrogen (secondary N) is 1. The van der Waals surface area contributed by atoms with Crippen molar-refractivity contribution in [2.45, 2.75) is 32.2 Å². The molecule has 0 spiro atoms. The Kier molecular flexibility index (Phi) is 5.24. The second-order valence-corrected chi connectivity index (χ2v) is 5.17. The van der Waals surface area contributed by atoms with E-state index in [0.29, 0.717) is 35.3 Å². The van der Waals surface area contributed by atoms with Crippen LogP contribution in [0.2, 0.25) is 0 Å². The van der Waals surface area contributed by atoms with Crippen LogP contribution in [0.4, 0.5) is 0 Å². The van der Waals surface area contributed by atoms with Crippen molar-refractivity contribution in [3.05, 3.63) is 29.3 Å². The van der Waals surface area contributed by atoms with Crippen LogP contribution in [0.15, 0.2) is 18.2 Å². The van der Waals surface area contributed by atoms with E-state index in [0.717, 1.165) is 12.8 Å². The maximum absolute atomic E-state index is 12.2. The number of aliphatic hydroxyl groups is 1. The van der Waals surface area contributed by atoms with Gasteiger partial charge in [0.25, 0.3) is 5.91 Å². The number of rotatable bonds is 5. The summed E-state index contributed by atoms with van der Waals surface area (Å²) in [7, 11) is 1.57. The standard InChI is InChI=1S/C17H21NO3/c1-3-12-11-15(12)18-17(20)14-7-8-16(21-2)13(10-14)6-4-5-9-19/h7-8,10,12,15,19H,3,5,9,11H2,1-2H3,(H,18,20). The lowest BCUT2D eigenvalue weighted by Gasteiger charge is -2.08. The van der Waals surface area contributed by atoms with Crippen LogP contribution in [-0.2, 0) is 0 Å². The summed E-state index contributed by atoms with van der Waals surface area (Å²) in [5, 5.41) is 11.8. The number of amides is 1. The summed E-state index contributed by atoms with van der Waals surface area (Å²) < 4.78 is 5.24. The van der Waals surface area contributed by atoms with Crippen molar-refractivity contribution < 1.29 is 14.6 Å². The maximum atomic E-state index is 12.2. The predicted molar refractivity (Wildman–Crippen MR) is 81.2 cm³/mol. The van der Waals surface area contributed by atoms with Gasteiger partial charge in [0.05, 0.1) is 19.3 Å². The third-order valence-electron chi connectivity index (χ3n) is 3.68. The molecule has 2 rings (SSSR count). The zero-order valence-electron chi connectivity index (χ0n) is 12.5. The fourth-order valence-corrected chi connectivity index (χ4v) is 2.29. The lowest BCUT2D eigenvalue weighted by Crippen LogP contribution is -2.26. The Hall–Kier alpha value is -1.99. The van der Waals surface area contributed by atoms with Crippen LogP contribution in [0.1, 0.15) is 42.1 Å². The number of aliphatic hydroxyl groups excluding tert-OH is 1. The molecular weight excluding hydrogens is 266 g/mol. The van der Waals surface area contributed by atoms with E-state index in [1.54, 1.807) is 25.3 Å². The van der Waals surface area contributed by atoms with Gasteiger partial charge in [-0.25, -0.2) is 0 Å². The average molecular weight is 287 g/mol. The summed E-state index contributed by atoms with van der Waals surface area (Å²) in [6, 6.07) is 5.55. The van der Waals surface area contributed by atoms with Gasteiger partial charge in [-0.1, -0.05) is 25.2 Å². The zero-order valence-corrected chi connectivity index (χ0v) is 12.5. The molecule has 0 aliphatic heterocycles. The lowest BCUT2D eigenvalue weighted by molar-refractivity contribution is 0.0949. The Morgan fingerprint density at radius 2 is 2.33 bits per heavy atom. The van der Waals surface area contributed by atoms with Crippen molar-refractivity contribution in [2.75, 3.05) is 13.7 Å². The number of carbonyl (C=O) groups is 1. The van der Waals surface area contributed by atoms with Gasteiger partial charge in [-0.05, 0) is 30.5 Å². The molecule has 0 heterocycles. The lowest BCUT2D eigenvalue weighted by atomic mass is 10.1. The van der Waals surface area contributed by atoms with Crippen molar-refractivity contribution in [3.63, 3.8) is 0 Å². The Bertz CT molecular complexity index is 571. The van der Waals surface area contributed by atoms with Gasteiger partial charge in [0.1, 0.15) is 5.75 Å². The van der Waals surface area contributed by atoms with Crippen molar-refractivity contribution in [3.8, 4) is 17.6 Å². The van der Waals surface area contributed by atoms with E-state index in [4.69, 9.17) is 9.84 Å². The molecule has 1 aliphatic carbocycles. The Labute approximate surface area is 125 Å². The molecule has 2 unspecified atom stereocenters. The van der Waals surface area contributed by atoms with E-state index in [-0.39, 0.29) is 12.5 Å². The third-order valence-corrected chi connectivity index (χ3v) is 3.68. The smallest absolute Gasteiger partial charge is 0.251 e. The minimum atomic E-state index is -0.0659. The molecule has 1 aromatic rings. The second-order valence-electron chi connectivity index (χ2n) is 5.17. The van der Waals surface area contributed by atoms with Crippen LogP contribution < -0.4 is 10.1 Å². The minimum absolute atomic E-state index is 0.0234. The molecule has 0 aromatic heterocycles. The van der Waals surface area contributed by atoms with Gasteiger partial charge in [-0.3, -0.25) is 4.79 Å². The van der Waals surface area contributed by atoms with E-state index in [1.807, 2.05) is 0 Å². The summed E-state index contributed by atoms with van der Waals surface area (Å²) in [6.45, 7) is 2.16. The first-order valence-corrected chi connectivity index (χ1v) is 7.28. The summed E-state index contributed by atoms with van der Waals surface area (Å²) in [5.74, 6) is 6.97. The normalized spacial score (nSPS) is 19.4. The molecule has 1 amide bonds. The van der Waals surface area contributed by atoms with Gasteiger partial charge >= 0.3 is 0 Å². The molecule has 4 heteroatoms. The first-order valence-electron chi connectivity index (χ1n) is 7.28. The van der Waals surface area contributed by atoms with Crippen LogP contribution >= 0.6 is 0 Å². The van der Waals surface area contributed by atoms with Crippen molar-refractivity contribution in [2.24, 2.45) is 5.92 Å².